The maximum atomic E-state index is 3.89. The van der Waals surface area contributed by atoms with Crippen molar-refractivity contribution in [2.24, 2.45) is 0 Å². The predicted molar refractivity (Wildman–Crippen MR) is 251 cm³/mol. The summed E-state index contributed by atoms with van der Waals surface area (Å²) in [6.07, 6.45) is 0. The minimum Gasteiger partial charge on any atom is -0.374 e. The van der Waals surface area contributed by atoms with Crippen LogP contribution >= 0.6 is 0 Å². The lowest BCUT2D eigenvalue weighted by molar-refractivity contribution is 0.662. The van der Waals surface area contributed by atoms with E-state index in [9.17, 15) is 0 Å². The molecule has 2 nitrogen and oxygen atoms in total. The summed E-state index contributed by atoms with van der Waals surface area (Å²) in [5, 5.41) is 3.89. The first-order chi connectivity index (χ1) is 29.5. The molecule has 0 bridgehead atoms. The Morgan fingerprint density at radius 3 is 1.62 bits per heavy atom. The van der Waals surface area contributed by atoms with E-state index in [1.165, 1.54) is 94.7 Å². The van der Waals surface area contributed by atoms with Gasteiger partial charge in [-0.25, -0.2) is 0 Å². The second-order valence-corrected chi connectivity index (χ2v) is 16.9. The molecule has 1 aliphatic heterocycles. The van der Waals surface area contributed by atoms with Crippen LogP contribution in [0, 0.1) is 0 Å². The SMILES string of the molecule is CC1(C)c2ccccc2-c2cccc(-c3ccc(N(c4ccc(-c5ccccc5)cc4)c4ccc(-c5ccc6c7c5-c5ccccc5NC7c5ccccc5-6)cc4)cc3)c21. The maximum Gasteiger partial charge on any atom is 0.0785 e. The lowest BCUT2D eigenvalue weighted by Gasteiger charge is -2.30. The van der Waals surface area contributed by atoms with E-state index in [-0.39, 0.29) is 11.5 Å². The van der Waals surface area contributed by atoms with Crippen molar-refractivity contribution in [1.82, 2.24) is 0 Å². The van der Waals surface area contributed by atoms with Gasteiger partial charge in [0.25, 0.3) is 0 Å². The average molecular weight is 767 g/mol. The van der Waals surface area contributed by atoms with Gasteiger partial charge in [0.15, 0.2) is 0 Å². The molecule has 0 saturated heterocycles. The van der Waals surface area contributed by atoms with Crippen molar-refractivity contribution in [2.45, 2.75) is 25.3 Å². The van der Waals surface area contributed by atoms with Crippen LogP contribution in [-0.2, 0) is 5.41 Å². The topological polar surface area (TPSA) is 15.3 Å². The molecule has 0 radical (unpaired) electrons. The molecular formula is C58H42N2. The lowest BCUT2D eigenvalue weighted by Crippen LogP contribution is -2.16. The van der Waals surface area contributed by atoms with Crippen LogP contribution in [0.3, 0.4) is 0 Å². The van der Waals surface area contributed by atoms with Crippen LogP contribution < -0.4 is 10.2 Å². The number of para-hydroxylation sites is 1. The Morgan fingerprint density at radius 2 is 0.900 bits per heavy atom. The Bertz CT molecular complexity index is 3120. The third kappa shape index (κ3) is 5.20. The molecule has 2 heteroatoms. The van der Waals surface area contributed by atoms with Gasteiger partial charge in [-0.05, 0) is 126 Å². The quantitative estimate of drug-likeness (QED) is 0.181. The zero-order valence-electron chi connectivity index (χ0n) is 33.7. The molecular weight excluding hydrogens is 725 g/mol. The molecule has 60 heavy (non-hydrogen) atoms. The summed E-state index contributed by atoms with van der Waals surface area (Å²) in [4.78, 5) is 2.39. The zero-order chi connectivity index (χ0) is 40.0. The van der Waals surface area contributed by atoms with Crippen molar-refractivity contribution in [3.05, 3.63) is 229 Å². The van der Waals surface area contributed by atoms with E-state index in [1.54, 1.807) is 0 Å². The molecule has 1 N–H and O–H groups in total. The number of anilines is 4. The predicted octanol–water partition coefficient (Wildman–Crippen LogP) is 15.6. The fourth-order valence-corrected chi connectivity index (χ4v) is 10.5. The van der Waals surface area contributed by atoms with Gasteiger partial charge >= 0.3 is 0 Å². The smallest absolute Gasteiger partial charge is 0.0785 e. The molecule has 3 aliphatic rings. The summed E-state index contributed by atoms with van der Waals surface area (Å²) >= 11 is 0. The molecule has 284 valence electrons. The minimum absolute atomic E-state index is 0.0870. The van der Waals surface area contributed by atoms with E-state index in [0.717, 1.165) is 17.1 Å². The highest BCUT2D eigenvalue weighted by molar-refractivity contribution is 6.01. The van der Waals surface area contributed by atoms with E-state index in [1.807, 2.05) is 0 Å². The minimum atomic E-state index is -0.0870. The Balaban J connectivity index is 0.955. The maximum absolute atomic E-state index is 3.89. The second-order valence-electron chi connectivity index (χ2n) is 16.9. The van der Waals surface area contributed by atoms with Gasteiger partial charge in [0.2, 0.25) is 0 Å². The molecule has 1 atom stereocenters. The highest BCUT2D eigenvalue weighted by Gasteiger charge is 2.38. The molecule has 0 fully saturated rings. The van der Waals surface area contributed by atoms with Crippen LogP contribution in [0.1, 0.15) is 42.1 Å². The first-order valence-electron chi connectivity index (χ1n) is 21.0. The van der Waals surface area contributed by atoms with Crippen molar-refractivity contribution in [2.75, 3.05) is 10.2 Å². The van der Waals surface area contributed by atoms with Crippen molar-refractivity contribution >= 4 is 22.7 Å². The number of hydrogen-bond donors (Lipinski definition) is 1. The Kier molecular flexibility index (Phi) is 7.68. The normalized spacial score (nSPS) is 14.6. The third-order valence-electron chi connectivity index (χ3n) is 13.3. The fraction of sp³-hybridized carbons (Fsp3) is 0.0690. The van der Waals surface area contributed by atoms with Crippen molar-refractivity contribution < 1.29 is 0 Å². The molecule has 0 aromatic heterocycles. The standard InChI is InChI=1S/C58H42N2/c1-58(2)52-21-10-8-16-47(52)49-20-12-19-45(56(49)58)40-27-33-43(34-28-40)60(41-29-23-38(24-30-41)37-13-4-3-5-14-37)42-31-25-39(26-32-42)44-35-36-48-46-15-6-7-17-50(46)57-55(48)54(44)51-18-9-11-22-53(51)59-57/h3-36,57,59H,1-2H3. The van der Waals surface area contributed by atoms with Gasteiger partial charge in [-0.15, -0.1) is 0 Å². The first kappa shape index (κ1) is 34.6. The van der Waals surface area contributed by atoms with Crippen LogP contribution in [-0.4, -0.2) is 0 Å². The Morgan fingerprint density at radius 1 is 0.383 bits per heavy atom. The van der Waals surface area contributed by atoms with Gasteiger partial charge in [-0.2, -0.15) is 0 Å². The number of nitrogens with one attached hydrogen (secondary N) is 1. The van der Waals surface area contributed by atoms with Gasteiger partial charge in [0.1, 0.15) is 0 Å². The van der Waals surface area contributed by atoms with Gasteiger partial charge in [-0.1, -0.05) is 178 Å². The number of hydrogen-bond acceptors (Lipinski definition) is 2. The number of rotatable bonds is 6. The molecule has 1 unspecified atom stereocenters. The van der Waals surface area contributed by atoms with E-state index in [0.29, 0.717) is 0 Å². The van der Waals surface area contributed by atoms with Crippen LogP contribution in [0.2, 0.25) is 0 Å². The molecule has 1 heterocycles. The molecule has 12 rings (SSSR count). The highest BCUT2D eigenvalue weighted by Crippen LogP contribution is 2.56. The van der Waals surface area contributed by atoms with E-state index in [2.05, 4.69) is 230 Å². The molecule has 0 spiro atoms. The molecule has 0 amide bonds. The molecule has 9 aromatic carbocycles. The fourth-order valence-electron chi connectivity index (χ4n) is 10.5. The van der Waals surface area contributed by atoms with Gasteiger partial charge in [0.05, 0.1) is 6.04 Å². The van der Waals surface area contributed by atoms with Gasteiger partial charge < -0.3 is 10.2 Å². The summed E-state index contributed by atoms with van der Waals surface area (Å²) in [5.74, 6) is 0. The number of fused-ring (bicyclic) bond motifs is 8. The Labute approximate surface area is 352 Å². The van der Waals surface area contributed by atoms with Gasteiger partial charge in [-0.3, -0.25) is 0 Å². The van der Waals surface area contributed by atoms with Crippen molar-refractivity contribution in [1.29, 1.82) is 0 Å². The van der Waals surface area contributed by atoms with E-state index in [4.69, 9.17) is 0 Å². The van der Waals surface area contributed by atoms with Gasteiger partial charge in [0, 0.05) is 33.7 Å². The monoisotopic (exact) mass is 766 g/mol. The van der Waals surface area contributed by atoms with Crippen molar-refractivity contribution in [3.63, 3.8) is 0 Å². The Hall–Kier alpha value is -7.42. The highest BCUT2D eigenvalue weighted by atomic mass is 15.1. The average Bonchev–Trinajstić information content (AvgIpc) is 3.76. The molecule has 9 aromatic rings. The summed E-state index contributed by atoms with van der Waals surface area (Å²) in [7, 11) is 0. The molecule has 0 saturated carbocycles. The summed E-state index contributed by atoms with van der Waals surface area (Å²) in [6, 6.07) is 76.1. The summed E-state index contributed by atoms with van der Waals surface area (Å²) < 4.78 is 0. The van der Waals surface area contributed by atoms with Crippen LogP contribution in [0.4, 0.5) is 22.7 Å². The van der Waals surface area contributed by atoms with E-state index < -0.39 is 0 Å². The zero-order valence-corrected chi connectivity index (χ0v) is 33.7. The largest absolute Gasteiger partial charge is 0.374 e. The summed E-state index contributed by atoms with van der Waals surface area (Å²) in [6.45, 7) is 4.73. The van der Waals surface area contributed by atoms with Crippen LogP contribution in [0.25, 0.3) is 66.8 Å². The molecule has 2 aliphatic carbocycles. The second kappa shape index (κ2) is 13.3. The lowest BCUT2D eigenvalue weighted by atomic mass is 9.79. The third-order valence-corrected chi connectivity index (χ3v) is 13.3. The summed E-state index contributed by atoms with van der Waals surface area (Å²) in [5.41, 5.74) is 25.3. The van der Waals surface area contributed by atoms with E-state index >= 15 is 0 Å². The first-order valence-corrected chi connectivity index (χ1v) is 21.0. The number of nitrogens with zero attached hydrogens (tertiary/aromatic N) is 1. The van der Waals surface area contributed by atoms with Crippen LogP contribution in [0.15, 0.2) is 206 Å². The van der Waals surface area contributed by atoms with Crippen molar-refractivity contribution in [3.8, 4) is 66.8 Å². The van der Waals surface area contributed by atoms with Crippen LogP contribution in [0.5, 0.6) is 0 Å². The number of benzene rings is 9.